The smallest absolute Gasteiger partial charge is 0.165 e. The fraction of sp³-hybridized carbons (Fsp3) is 0.294. The quantitative estimate of drug-likeness (QED) is 0.930. The second kappa shape index (κ2) is 5.82. The number of ether oxygens (including phenoxy) is 1. The van der Waals surface area contributed by atoms with E-state index in [9.17, 15) is 8.78 Å². The van der Waals surface area contributed by atoms with E-state index < -0.39 is 11.6 Å². The van der Waals surface area contributed by atoms with E-state index in [1.54, 1.807) is 0 Å². The van der Waals surface area contributed by atoms with Gasteiger partial charge in [0.1, 0.15) is 12.4 Å². The largest absolute Gasteiger partial charge is 0.489 e. The summed E-state index contributed by atoms with van der Waals surface area (Å²) < 4.78 is 32.3. The van der Waals surface area contributed by atoms with Gasteiger partial charge in [0.05, 0.1) is 0 Å². The zero-order chi connectivity index (χ0) is 14.8. The van der Waals surface area contributed by atoms with Crippen molar-refractivity contribution in [2.45, 2.75) is 31.9 Å². The Balaban J connectivity index is 1.77. The lowest BCUT2D eigenvalue weighted by molar-refractivity contribution is 0.296. The summed E-state index contributed by atoms with van der Waals surface area (Å²) in [7, 11) is 0. The number of hydrogen-bond donors (Lipinski definition) is 1. The van der Waals surface area contributed by atoms with E-state index in [4.69, 9.17) is 10.5 Å². The summed E-state index contributed by atoms with van der Waals surface area (Å²) in [4.78, 5) is 0. The van der Waals surface area contributed by atoms with Crippen molar-refractivity contribution in [3.05, 3.63) is 64.7 Å². The van der Waals surface area contributed by atoms with Crippen LogP contribution in [-0.4, -0.2) is 0 Å². The number of aryl methyl sites for hydroxylation is 1. The molecule has 0 aromatic heterocycles. The van der Waals surface area contributed by atoms with Gasteiger partial charge >= 0.3 is 0 Å². The van der Waals surface area contributed by atoms with Crippen LogP contribution < -0.4 is 10.5 Å². The third-order valence-corrected chi connectivity index (χ3v) is 3.90. The number of rotatable bonds is 3. The number of benzene rings is 2. The van der Waals surface area contributed by atoms with Gasteiger partial charge in [0.25, 0.3) is 0 Å². The molecule has 0 saturated heterocycles. The Kier molecular flexibility index (Phi) is 3.88. The summed E-state index contributed by atoms with van der Waals surface area (Å²) in [5.41, 5.74) is 8.65. The van der Waals surface area contributed by atoms with Crippen molar-refractivity contribution in [3.8, 4) is 5.75 Å². The first-order valence-electron chi connectivity index (χ1n) is 7.09. The van der Waals surface area contributed by atoms with Crippen molar-refractivity contribution < 1.29 is 13.5 Å². The zero-order valence-corrected chi connectivity index (χ0v) is 11.6. The fourth-order valence-electron chi connectivity index (χ4n) is 2.72. The molecule has 2 nitrogen and oxygen atoms in total. The molecule has 1 aliphatic carbocycles. The van der Waals surface area contributed by atoms with Crippen LogP contribution in [0, 0.1) is 11.6 Å². The third-order valence-electron chi connectivity index (χ3n) is 3.90. The van der Waals surface area contributed by atoms with Gasteiger partial charge in [-0.1, -0.05) is 18.2 Å². The minimum Gasteiger partial charge on any atom is -0.489 e. The fourth-order valence-corrected chi connectivity index (χ4v) is 2.72. The summed E-state index contributed by atoms with van der Waals surface area (Å²) in [6.45, 7) is -0.00236. The Hall–Kier alpha value is -1.94. The van der Waals surface area contributed by atoms with Crippen molar-refractivity contribution in [2.24, 2.45) is 5.73 Å². The molecule has 3 rings (SSSR count). The van der Waals surface area contributed by atoms with E-state index in [0.29, 0.717) is 5.75 Å². The van der Waals surface area contributed by atoms with E-state index in [1.165, 1.54) is 17.7 Å². The van der Waals surface area contributed by atoms with E-state index in [2.05, 4.69) is 0 Å². The standard InChI is InChI=1S/C17H17F2NO/c18-15-5-1-4-12(17(15)19)10-21-13-8-7-11-3-2-6-16(20)14(11)9-13/h1,4-5,7-9,16H,2-3,6,10,20H2/t16-/m0/s1. The van der Waals surface area contributed by atoms with Crippen molar-refractivity contribution >= 4 is 0 Å². The lowest BCUT2D eigenvalue weighted by Crippen LogP contribution is -2.17. The molecule has 1 atom stereocenters. The maximum absolute atomic E-state index is 13.6. The highest BCUT2D eigenvalue weighted by atomic mass is 19.2. The van der Waals surface area contributed by atoms with Crippen LogP contribution in [0.2, 0.25) is 0 Å². The summed E-state index contributed by atoms with van der Waals surface area (Å²) in [5, 5.41) is 0. The summed E-state index contributed by atoms with van der Waals surface area (Å²) in [6.07, 6.45) is 3.10. The van der Waals surface area contributed by atoms with E-state index in [0.717, 1.165) is 30.9 Å². The molecule has 0 radical (unpaired) electrons. The van der Waals surface area contributed by atoms with Crippen LogP contribution in [0.1, 0.15) is 35.6 Å². The van der Waals surface area contributed by atoms with E-state index in [1.807, 2.05) is 18.2 Å². The molecule has 110 valence electrons. The second-order valence-electron chi connectivity index (χ2n) is 5.36. The number of nitrogens with two attached hydrogens (primary N) is 1. The third kappa shape index (κ3) is 2.90. The van der Waals surface area contributed by atoms with Crippen LogP contribution in [0.5, 0.6) is 5.75 Å². The van der Waals surface area contributed by atoms with E-state index in [-0.39, 0.29) is 18.2 Å². The van der Waals surface area contributed by atoms with Crippen molar-refractivity contribution in [1.82, 2.24) is 0 Å². The van der Waals surface area contributed by atoms with Gasteiger partial charge in [-0.2, -0.15) is 0 Å². The van der Waals surface area contributed by atoms with Gasteiger partial charge in [0.2, 0.25) is 0 Å². The van der Waals surface area contributed by atoms with Gasteiger partial charge in [0, 0.05) is 11.6 Å². The van der Waals surface area contributed by atoms with Crippen molar-refractivity contribution in [3.63, 3.8) is 0 Å². The first kappa shape index (κ1) is 14.0. The van der Waals surface area contributed by atoms with Crippen LogP contribution >= 0.6 is 0 Å². The summed E-state index contributed by atoms with van der Waals surface area (Å²) >= 11 is 0. The van der Waals surface area contributed by atoms with Crippen LogP contribution in [0.4, 0.5) is 8.78 Å². The van der Waals surface area contributed by atoms with Gasteiger partial charge in [0.15, 0.2) is 11.6 Å². The highest BCUT2D eigenvalue weighted by Crippen LogP contribution is 2.31. The molecule has 0 heterocycles. The van der Waals surface area contributed by atoms with E-state index >= 15 is 0 Å². The van der Waals surface area contributed by atoms with Crippen LogP contribution in [0.25, 0.3) is 0 Å². The molecule has 0 aliphatic heterocycles. The lowest BCUT2D eigenvalue weighted by Gasteiger charge is -2.22. The van der Waals surface area contributed by atoms with Gasteiger partial charge in [-0.3, -0.25) is 0 Å². The first-order valence-corrected chi connectivity index (χ1v) is 7.09. The minimum atomic E-state index is -0.858. The Morgan fingerprint density at radius 3 is 2.90 bits per heavy atom. The predicted octanol–water partition coefficient (Wildman–Crippen LogP) is 3.88. The average molecular weight is 289 g/mol. The molecule has 0 bridgehead atoms. The second-order valence-corrected chi connectivity index (χ2v) is 5.36. The van der Waals surface area contributed by atoms with Gasteiger partial charge in [-0.15, -0.1) is 0 Å². The molecular formula is C17H17F2NO. The van der Waals surface area contributed by atoms with Crippen molar-refractivity contribution in [2.75, 3.05) is 0 Å². The molecule has 2 aromatic carbocycles. The molecule has 0 spiro atoms. The SMILES string of the molecule is N[C@H]1CCCc2ccc(OCc3cccc(F)c3F)cc21. The monoisotopic (exact) mass is 289 g/mol. The van der Waals surface area contributed by atoms with Gasteiger partial charge < -0.3 is 10.5 Å². The lowest BCUT2D eigenvalue weighted by atomic mass is 9.88. The normalized spacial score (nSPS) is 17.4. The molecule has 0 fully saturated rings. The molecule has 1 aliphatic rings. The maximum Gasteiger partial charge on any atom is 0.165 e. The highest BCUT2D eigenvalue weighted by Gasteiger charge is 2.17. The zero-order valence-electron chi connectivity index (χ0n) is 11.6. The van der Waals surface area contributed by atoms with Crippen molar-refractivity contribution in [1.29, 1.82) is 0 Å². The molecule has 0 unspecified atom stereocenters. The molecule has 21 heavy (non-hydrogen) atoms. The molecule has 2 aromatic rings. The van der Waals surface area contributed by atoms with Crippen LogP contribution in [0.3, 0.4) is 0 Å². The maximum atomic E-state index is 13.6. The Labute approximate surface area is 122 Å². The first-order chi connectivity index (χ1) is 10.1. The van der Waals surface area contributed by atoms with Gasteiger partial charge in [-0.25, -0.2) is 8.78 Å². The Bertz CT molecular complexity index is 657. The molecule has 0 saturated carbocycles. The number of halogens is 2. The highest BCUT2D eigenvalue weighted by molar-refractivity contribution is 5.39. The molecule has 4 heteroatoms. The summed E-state index contributed by atoms with van der Waals surface area (Å²) in [5.74, 6) is -1.08. The molecule has 0 amide bonds. The molecule has 2 N–H and O–H groups in total. The average Bonchev–Trinajstić information content (AvgIpc) is 2.49. The topological polar surface area (TPSA) is 35.2 Å². The minimum absolute atomic E-state index is 0.00236. The van der Waals surface area contributed by atoms with Crippen LogP contribution in [0.15, 0.2) is 36.4 Å². The van der Waals surface area contributed by atoms with Crippen LogP contribution in [-0.2, 0) is 13.0 Å². The molecular weight excluding hydrogens is 272 g/mol. The summed E-state index contributed by atoms with van der Waals surface area (Å²) in [6, 6.07) is 9.89. The number of hydrogen-bond acceptors (Lipinski definition) is 2. The Morgan fingerprint density at radius 2 is 2.05 bits per heavy atom. The number of fused-ring (bicyclic) bond motifs is 1. The Morgan fingerprint density at radius 1 is 1.19 bits per heavy atom. The predicted molar refractivity (Wildman–Crippen MR) is 77.0 cm³/mol. The van der Waals surface area contributed by atoms with Gasteiger partial charge in [-0.05, 0) is 48.6 Å².